The zero-order chi connectivity index (χ0) is 19.3. The topological polar surface area (TPSA) is 117 Å². The molecule has 1 atom stereocenters. The first-order valence-corrected chi connectivity index (χ1v) is 8.13. The summed E-state index contributed by atoms with van der Waals surface area (Å²) in [5.74, 6) is -0.864. The lowest BCUT2D eigenvalue weighted by atomic mass is 9.92. The number of benzene rings is 1. The minimum atomic E-state index is -1.27. The van der Waals surface area contributed by atoms with E-state index in [2.05, 4.69) is 16.0 Å². The van der Waals surface area contributed by atoms with Gasteiger partial charge in [0, 0.05) is 6.54 Å². The van der Waals surface area contributed by atoms with Crippen molar-refractivity contribution in [2.75, 3.05) is 26.7 Å². The van der Waals surface area contributed by atoms with Crippen LogP contribution in [-0.4, -0.2) is 55.4 Å². The number of hydrogen-bond acceptors (Lipinski definition) is 5. The van der Waals surface area contributed by atoms with Crippen LogP contribution in [0.25, 0.3) is 0 Å². The number of carbonyl (C=O) groups excluding carboxylic acids is 4. The molecule has 1 fully saturated rings. The van der Waals surface area contributed by atoms with Gasteiger partial charge in [-0.15, -0.1) is 0 Å². The van der Waals surface area contributed by atoms with E-state index in [1.165, 1.54) is 7.11 Å². The molecular formula is C17H22N4O5. The van der Waals surface area contributed by atoms with Crippen LogP contribution in [0.15, 0.2) is 24.3 Å². The van der Waals surface area contributed by atoms with Crippen LogP contribution in [0, 0.1) is 0 Å². The molecule has 2 rings (SSSR count). The first kappa shape index (κ1) is 19.2. The smallest absolute Gasteiger partial charge is 0.325 e. The highest BCUT2D eigenvalue weighted by Gasteiger charge is 2.49. The molecule has 1 saturated heterocycles. The summed E-state index contributed by atoms with van der Waals surface area (Å²) in [7, 11) is 1.53. The van der Waals surface area contributed by atoms with E-state index in [1.807, 2.05) is 0 Å². The lowest BCUT2D eigenvalue weighted by molar-refractivity contribution is -0.135. The molecule has 1 heterocycles. The van der Waals surface area contributed by atoms with Crippen LogP contribution in [0.2, 0.25) is 0 Å². The van der Waals surface area contributed by atoms with Crippen molar-refractivity contribution in [3.63, 3.8) is 0 Å². The summed E-state index contributed by atoms with van der Waals surface area (Å²) in [6.45, 7) is 3.10. The number of rotatable bonds is 7. The predicted octanol–water partition coefficient (Wildman–Crippen LogP) is -0.285. The monoisotopic (exact) mass is 362 g/mol. The van der Waals surface area contributed by atoms with Crippen molar-refractivity contribution < 1.29 is 23.9 Å². The average molecular weight is 362 g/mol. The van der Waals surface area contributed by atoms with Crippen molar-refractivity contribution in [1.29, 1.82) is 0 Å². The number of urea groups is 1. The number of methoxy groups -OCH3 is 1. The van der Waals surface area contributed by atoms with E-state index in [0.29, 0.717) is 17.9 Å². The zero-order valence-electron chi connectivity index (χ0n) is 14.9. The van der Waals surface area contributed by atoms with Crippen LogP contribution in [0.3, 0.4) is 0 Å². The van der Waals surface area contributed by atoms with Gasteiger partial charge in [-0.3, -0.25) is 19.3 Å². The Morgan fingerprint density at radius 2 is 1.81 bits per heavy atom. The number of amides is 5. The molecule has 0 radical (unpaired) electrons. The second-order valence-corrected chi connectivity index (χ2v) is 5.91. The van der Waals surface area contributed by atoms with E-state index in [9.17, 15) is 19.2 Å². The minimum absolute atomic E-state index is 0.216. The minimum Gasteiger partial charge on any atom is -0.497 e. The van der Waals surface area contributed by atoms with Gasteiger partial charge in [-0.25, -0.2) is 4.79 Å². The largest absolute Gasteiger partial charge is 0.497 e. The van der Waals surface area contributed by atoms with Crippen LogP contribution in [0.1, 0.15) is 19.4 Å². The van der Waals surface area contributed by atoms with Crippen molar-refractivity contribution in [3.8, 4) is 5.75 Å². The summed E-state index contributed by atoms with van der Waals surface area (Å²) < 4.78 is 5.08. The summed E-state index contributed by atoms with van der Waals surface area (Å²) in [6, 6.07) is 6.05. The van der Waals surface area contributed by atoms with Crippen molar-refractivity contribution >= 4 is 23.8 Å². The SMILES string of the molecule is CCNC(=O)CNC(=O)CN1C(=O)N[C@](C)(c2ccc(OC)cc2)C1=O. The standard InChI is InChI=1S/C17H22N4O5/c1-4-18-13(22)9-19-14(23)10-21-15(24)17(2,20-16(21)25)11-5-7-12(26-3)8-6-11/h5-8H,4,9-10H2,1-3H3,(H,18,22)(H,19,23)(H,20,25)/t17-/m1/s1. The Kier molecular flexibility index (Phi) is 5.81. The molecule has 0 saturated carbocycles. The highest BCUT2D eigenvalue weighted by molar-refractivity contribution is 6.09. The Labute approximate surface area is 151 Å². The summed E-state index contributed by atoms with van der Waals surface area (Å²) in [5.41, 5.74) is -0.703. The summed E-state index contributed by atoms with van der Waals surface area (Å²) in [4.78, 5) is 49.0. The first-order valence-electron chi connectivity index (χ1n) is 8.13. The number of likely N-dealkylation sites (N-methyl/N-ethyl adjacent to an activating group) is 1. The number of ether oxygens (including phenoxy) is 1. The molecule has 3 N–H and O–H groups in total. The first-order chi connectivity index (χ1) is 12.3. The van der Waals surface area contributed by atoms with Crippen LogP contribution in [0.5, 0.6) is 5.75 Å². The van der Waals surface area contributed by atoms with E-state index in [0.717, 1.165) is 4.90 Å². The van der Waals surface area contributed by atoms with Crippen LogP contribution in [-0.2, 0) is 19.9 Å². The van der Waals surface area contributed by atoms with Gasteiger partial charge in [-0.05, 0) is 31.5 Å². The third-order valence-corrected chi connectivity index (χ3v) is 4.06. The quantitative estimate of drug-likeness (QED) is 0.577. The molecule has 9 nitrogen and oxygen atoms in total. The molecule has 26 heavy (non-hydrogen) atoms. The second-order valence-electron chi connectivity index (χ2n) is 5.91. The van der Waals surface area contributed by atoms with Gasteiger partial charge < -0.3 is 20.7 Å². The summed E-state index contributed by atoms with van der Waals surface area (Å²) in [5, 5.41) is 7.52. The lowest BCUT2D eigenvalue weighted by Crippen LogP contribution is -2.45. The highest BCUT2D eigenvalue weighted by Crippen LogP contribution is 2.29. The highest BCUT2D eigenvalue weighted by atomic mass is 16.5. The van der Waals surface area contributed by atoms with E-state index >= 15 is 0 Å². The van der Waals surface area contributed by atoms with E-state index in [1.54, 1.807) is 38.1 Å². The van der Waals surface area contributed by atoms with E-state index < -0.39 is 29.9 Å². The van der Waals surface area contributed by atoms with Crippen LogP contribution < -0.4 is 20.7 Å². The molecular weight excluding hydrogens is 340 g/mol. The maximum Gasteiger partial charge on any atom is 0.325 e. The number of hydrogen-bond donors (Lipinski definition) is 3. The molecule has 1 aliphatic rings. The third kappa shape index (κ3) is 3.93. The van der Waals surface area contributed by atoms with Crippen molar-refractivity contribution in [1.82, 2.24) is 20.9 Å². The van der Waals surface area contributed by atoms with Crippen molar-refractivity contribution in [2.24, 2.45) is 0 Å². The van der Waals surface area contributed by atoms with Gasteiger partial charge >= 0.3 is 6.03 Å². The Morgan fingerprint density at radius 1 is 1.15 bits per heavy atom. The molecule has 140 valence electrons. The Balaban J connectivity index is 2.05. The molecule has 0 unspecified atom stereocenters. The normalized spacial score (nSPS) is 19.1. The number of carbonyl (C=O) groups is 4. The molecule has 0 bridgehead atoms. The van der Waals surface area contributed by atoms with Gasteiger partial charge in [0.05, 0.1) is 13.7 Å². The maximum atomic E-state index is 12.7. The summed E-state index contributed by atoms with van der Waals surface area (Å²) >= 11 is 0. The zero-order valence-corrected chi connectivity index (χ0v) is 14.9. The third-order valence-electron chi connectivity index (χ3n) is 4.06. The van der Waals surface area contributed by atoms with Crippen molar-refractivity contribution in [2.45, 2.75) is 19.4 Å². The average Bonchev–Trinajstić information content (AvgIpc) is 2.84. The molecule has 1 aromatic rings. The maximum absolute atomic E-state index is 12.7. The van der Waals surface area contributed by atoms with Gasteiger partial charge in [0.2, 0.25) is 11.8 Å². The Bertz CT molecular complexity index is 718. The molecule has 5 amide bonds. The molecule has 1 aromatic carbocycles. The lowest BCUT2D eigenvalue weighted by Gasteiger charge is -2.22. The fourth-order valence-electron chi connectivity index (χ4n) is 2.60. The predicted molar refractivity (Wildman–Crippen MR) is 92.3 cm³/mol. The molecule has 1 aliphatic heterocycles. The fourth-order valence-corrected chi connectivity index (χ4v) is 2.60. The van der Waals surface area contributed by atoms with Gasteiger partial charge in [-0.1, -0.05) is 12.1 Å². The van der Waals surface area contributed by atoms with Gasteiger partial charge in [0.15, 0.2) is 0 Å². The molecule has 0 spiro atoms. The fraction of sp³-hybridized carbons (Fsp3) is 0.412. The number of nitrogens with zero attached hydrogens (tertiary/aromatic N) is 1. The summed E-state index contributed by atoms with van der Waals surface area (Å²) in [6.07, 6.45) is 0. The Morgan fingerprint density at radius 3 is 2.38 bits per heavy atom. The van der Waals surface area contributed by atoms with Gasteiger partial charge in [-0.2, -0.15) is 0 Å². The second kappa shape index (κ2) is 7.85. The van der Waals surface area contributed by atoms with Gasteiger partial charge in [0.1, 0.15) is 17.8 Å². The molecule has 0 aromatic heterocycles. The molecule has 9 heteroatoms. The van der Waals surface area contributed by atoms with Gasteiger partial charge in [0.25, 0.3) is 5.91 Å². The van der Waals surface area contributed by atoms with Crippen LogP contribution in [0.4, 0.5) is 4.79 Å². The van der Waals surface area contributed by atoms with Crippen molar-refractivity contribution in [3.05, 3.63) is 29.8 Å². The Hall–Kier alpha value is -3.10. The van der Waals surface area contributed by atoms with E-state index in [-0.39, 0.29) is 12.5 Å². The number of nitrogens with one attached hydrogen (secondary N) is 3. The molecule has 0 aliphatic carbocycles. The van der Waals surface area contributed by atoms with E-state index in [4.69, 9.17) is 4.74 Å². The van der Waals surface area contributed by atoms with Crippen LogP contribution >= 0.6 is 0 Å². The number of imide groups is 1.